The molecule has 34 heavy (non-hydrogen) atoms. The van der Waals surface area contributed by atoms with Gasteiger partial charge in [-0.05, 0) is 48.7 Å². The number of anilines is 1. The Hall–Kier alpha value is -2.14. The lowest BCUT2D eigenvalue weighted by molar-refractivity contribution is -0.137. The Labute approximate surface area is 205 Å². The summed E-state index contributed by atoms with van der Waals surface area (Å²) < 4.78 is 66.5. The van der Waals surface area contributed by atoms with Gasteiger partial charge in [0, 0.05) is 38.0 Å². The van der Waals surface area contributed by atoms with Crippen LogP contribution in [0, 0.1) is 13.8 Å². The van der Waals surface area contributed by atoms with Crippen molar-refractivity contribution in [2.24, 2.45) is 0 Å². The molecule has 0 aliphatic carbocycles. The van der Waals surface area contributed by atoms with Crippen LogP contribution in [-0.2, 0) is 22.6 Å². The van der Waals surface area contributed by atoms with Crippen LogP contribution in [0.25, 0.3) is 0 Å². The topological polar surface area (TPSA) is 53.5 Å². The molecule has 0 atom stereocenters. The fourth-order valence-electron chi connectivity index (χ4n) is 3.97. The number of nitrogens with zero attached hydrogens (tertiary/aromatic N) is 3. The van der Waals surface area contributed by atoms with E-state index in [-0.39, 0.29) is 18.1 Å². The second-order valence-corrected chi connectivity index (χ2v) is 11.4. The highest BCUT2D eigenvalue weighted by atomic mass is 35.5. The normalized spacial score (nSPS) is 15.6. The number of alkyl halides is 3. The van der Waals surface area contributed by atoms with Gasteiger partial charge in [0.05, 0.1) is 16.3 Å². The summed E-state index contributed by atoms with van der Waals surface area (Å²) in [5, 5.41) is 2.58. The minimum atomic E-state index is -4.66. The molecule has 0 unspecified atom stereocenters. The number of aromatic nitrogens is 1. The SMILES string of the molecule is Cc1cccc(C)c1Cc1csc(N2CCN(S(=O)(=O)c3cc(C(F)(F)F)ccc3Cl)CC2)n1. The summed E-state index contributed by atoms with van der Waals surface area (Å²) in [7, 11) is -4.17. The Balaban J connectivity index is 1.46. The number of rotatable bonds is 5. The molecule has 0 saturated carbocycles. The fourth-order valence-corrected chi connectivity index (χ4v) is 6.77. The Morgan fingerprint density at radius 3 is 2.32 bits per heavy atom. The smallest absolute Gasteiger partial charge is 0.345 e. The van der Waals surface area contributed by atoms with Crippen LogP contribution in [0.5, 0.6) is 0 Å². The molecular formula is C23H23ClF3N3O2S2. The molecule has 182 valence electrons. The van der Waals surface area contributed by atoms with Crippen molar-refractivity contribution >= 4 is 38.1 Å². The third-order valence-corrected chi connectivity index (χ3v) is 9.26. The van der Waals surface area contributed by atoms with Gasteiger partial charge in [0.1, 0.15) is 4.90 Å². The lowest BCUT2D eigenvalue weighted by Crippen LogP contribution is -2.48. The van der Waals surface area contributed by atoms with Crippen molar-refractivity contribution < 1.29 is 21.6 Å². The highest BCUT2D eigenvalue weighted by Crippen LogP contribution is 2.35. The van der Waals surface area contributed by atoms with Crippen LogP contribution in [0.4, 0.5) is 18.3 Å². The first-order valence-corrected chi connectivity index (χ1v) is 13.3. The summed E-state index contributed by atoms with van der Waals surface area (Å²) in [6, 6.07) is 8.53. The summed E-state index contributed by atoms with van der Waals surface area (Å²) in [6.45, 7) is 5.16. The first-order valence-electron chi connectivity index (χ1n) is 10.6. The van der Waals surface area contributed by atoms with E-state index in [0.29, 0.717) is 19.2 Å². The Kier molecular flexibility index (Phi) is 6.97. The maximum Gasteiger partial charge on any atom is 0.416 e. The molecule has 5 nitrogen and oxygen atoms in total. The standard InChI is InChI=1S/C23H23ClF3N3O2S2/c1-15-4-3-5-16(2)19(15)13-18-14-33-22(28-18)29-8-10-30(11-9-29)34(31,32)21-12-17(23(25,26)27)6-7-20(21)24/h3-7,12,14H,8-11,13H2,1-2H3. The average molecular weight is 530 g/mol. The maximum atomic E-state index is 13.1. The number of piperazine rings is 1. The van der Waals surface area contributed by atoms with E-state index in [2.05, 4.69) is 26.0 Å². The van der Waals surface area contributed by atoms with Gasteiger partial charge in [0.15, 0.2) is 5.13 Å². The van der Waals surface area contributed by atoms with Gasteiger partial charge in [-0.2, -0.15) is 17.5 Å². The van der Waals surface area contributed by atoms with Crippen molar-refractivity contribution in [2.75, 3.05) is 31.1 Å². The molecule has 0 N–H and O–H groups in total. The number of hydrogen-bond acceptors (Lipinski definition) is 5. The molecule has 1 fully saturated rings. The minimum Gasteiger partial charge on any atom is -0.345 e. The van der Waals surface area contributed by atoms with E-state index in [1.54, 1.807) is 0 Å². The molecule has 1 aliphatic rings. The number of halogens is 4. The Morgan fingerprint density at radius 1 is 1.06 bits per heavy atom. The number of hydrogen-bond donors (Lipinski definition) is 0. The highest BCUT2D eigenvalue weighted by molar-refractivity contribution is 7.89. The van der Waals surface area contributed by atoms with Gasteiger partial charge in [0.25, 0.3) is 0 Å². The van der Waals surface area contributed by atoms with Crippen LogP contribution in [0.3, 0.4) is 0 Å². The van der Waals surface area contributed by atoms with E-state index in [1.165, 1.54) is 32.3 Å². The van der Waals surface area contributed by atoms with Crippen LogP contribution in [0.15, 0.2) is 46.7 Å². The lowest BCUT2D eigenvalue weighted by atomic mass is 9.99. The second-order valence-electron chi connectivity index (χ2n) is 8.20. The van der Waals surface area contributed by atoms with Crippen LogP contribution in [-0.4, -0.2) is 43.9 Å². The van der Waals surface area contributed by atoms with Crippen molar-refractivity contribution in [1.82, 2.24) is 9.29 Å². The van der Waals surface area contributed by atoms with E-state index >= 15 is 0 Å². The molecule has 11 heteroatoms. The number of benzene rings is 2. The quantitative estimate of drug-likeness (QED) is 0.436. The number of sulfonamides is 1. The zero-order chi connectivity index (χ0) is 24.7. The molecule has 3 aromatic rings. The lowest BCUT2D eigenvalue weighted by Gasteiger charge is -2.34. The van der Waals surface area contributed by atoms with Crippen molar-refractivity contribution in [3.8, 4) is 0 Å². The maximum absolute atomic E-state index is 13.1. The van der Waals surface area contributed by atoms with Crippen LogP contribution in [0.1, 0.15) is 27.9 Å². The molecule has 0 amide bonds. The molecule has 0 bridgehead atoms. The average Bonchev–Trinajstić information content (AvgIpc) is 3.24. The summed E-state index contributed by atoms with van der Waals surface area (Å²) in [4.78, 5) is 6.21. The largest absolute Gasteiger partial charge is 0.416 e. The molecule has 1 aromatic heterocycles. The minimum absolute atomic E-state index is 0.126. The molecule has 1 saturated heterocycles. The Bertz CT molecular complexity index is 1280. The second kappa shape index (κ2) is 9.49. The van der Waals surface area contributed by atoms with E-state index in [1.807, 2.05) is 16.3 Å². The zero-order valence-corrected chi connectivity index (χ0v) is 21.0. The zero-order valence-electron chi connectivity index (χ0n) is 18.6. The summed E-state index contributed by atoms with van der Waals surface area (Å²) >= 11 is 7.47. The van der Waals surface area contributed by atoms with E-state index in [9.17, 15) is 21.6 Å². The number of thiazole rings is 1. The number of aryl methyl sites for hydroxylation is 2. The van der Waals surface area contributed by atoms with Gasteiger partial charge in [-0.15, -0.1) is 11.3 Å². The Morgan fingerprint density at radius 2 is 1.71 bits per heavy atom. The predicted molar refractivity (Wildman–Crippen MR) is 128 cm³/mol. The van der Waals surface area contributed by atoms with Gasteiger partial charge in [-0.1, -0.05) is 29.8 Å². The molecular weight excluding hydrogens is 507 g/mol. The first-order chi connectivity index (χ1) is 16.0. The van der Waals surface area contributed by atoms with Crippen molar-refractivity contribution in [3.63, 3.8) is 0 Å². The highest BCUT2D eigenvalue weighted by Gasteiger charge is 2.35. The fraction of sp³-hybridized carbons (Fsp3) is 0.348. The molecule has 0 radical (unpaired) electrons. The monoisotopic (exact) mass is 529 g/mol. The summed E-state index contributed by atoms with van der Waals surface area (Å²) in [6.07, 6.45) is -3.94. The third-order valence-electron chi connectivity index (χ3n) is 5.93. The molecule has 4 rings (SSSR count). The van der Waals surface area contributed by atoms with Crippen LogP contribution < -0.4 is 4.90 Å². The van der Waals surface area contributed by atoms with Crippen molar-refractivity contribution in [3.05, 3.63) is 74.7 Å². The molecule has 2 heterocycles. The van der Waals surface area contributed by atoms with Crippen LogP contribution in [0.2, 0.25) is 5.02 Å². The summed E-state index contributed by atoms with van der Waals surface area (Å²) in [5.74, 6) is 0. The molecule has 1 aliphatic heterocycles. The third kappa shape index (κ3) is 5.10. The summed E-state index contributed by atoms with van der Waals surface area (Å²) in [5.41, 5.74) is 3.56. The van der Waals surface area contributed by atoms with Crippen LogP contribution >= 0.6 is 22.9 Å². The molecule has 0 spiro atoms. The van der Waals surface area contributed by atoms with Gasteiger partial charge < -0.3 is 4.90 Å². The van der Waals surface area contributed by atoms with E-state index < -0.39 is 26.7 Å². The van der Waals surface area contributed by atoms with Crippen molar-refractivity contribution in [2.45, 2.75) is 31.3 Å². The van der Waals surface area contributed by atoms with Gasteiger partial charge >= 0.3 is 6.18 Å². The van der Waals surface area contributed by atoms with Gasteiger partial charge in [-0.25, -0.2) is 13.4 Å². The first kappa shape index (κ1) is 25.0. The van der Waals surface area contributed by atoms with E-state index in [4.69, 9.17) is 16.6 Å². The predicted octanol–water partition coefficient (Wildman–Crippen LogP) is 5.53. The van der Waals surface area contributed by atoms with E-state index in [0.717, 1.165) is 29.4 Å². The van der Waals surface area contributed by atoms with Gasteiger partial charge in [-0.3, -0.25) is 0 Å². The van der Waals surface area contributed by atoms with Gasteiger partial charge in [0.2, 0.25) is 10.0 Å². The van der Waals surface area contributed by atoms with Crippen molar-refractivity contribution in [1.29, 1.82) is 0 Å². The molecule has 2 aromatic carbocycles.